The molecule has 0 saturated carbocycles. The van der Waals surface area contributed by atoms with Gasteiger partial charge in [0.05, 0.1) is 20.3 Å². The van der Waals surface area contributed by atoms with Crippen LogP contribution < -0.4 is 25.4 Å². The van der Waals surface area contributed by atoms with Crippen molar-refractivity contribution in [3.63, 3.8) is 0 Å². The minimum atomic E-state index is -0.284. The molecule has 0 radical (unpaired) electrons. The van der Waals surface area contributed by atoms with E-state index < -0.39 is 0 Å². The molecule has 1 aromatic rings. The van der Waals surface area contributed by atoms with Gasteiger partial charge in [0, 0.05) is 26.2 Å². The Kier molecular flexibility index (Phi) is 8.22. The Balaban J connectivity index is 2.28. The molecule has 28 heavy (non-hydrogen) atoms. The second kappa shape index (κ2) is 10.6. The Morgan fingerprint density at radius 1 is 1.04 bits per heavy atom. The molecule has 0 spiro atoms. The fourth-order valence-corrected chi connectivity index (χ4v) is 3.32. The van der Waals surface area contributed by atoms with Crippen LogP contribution in [0.1, 0.15) is 43.9 Å². The molecule has 156 valence electrons. The Morgan fingerprint density at radius 2 is 1.68 bits per heavy atom. The van der Waals surface area contributed by atoms with Crippen LogP contribution in [0.2, 0.25) is 0 Å². The summed E-state index contributed by atoms with van der Waals surface area (Å²) < 4.78 is 10.9. The molecule has 2 rings (SSSR count). The van der Waals surface area contributed by atoms with E-state index in [1.54, 1.807) is 19.1 Å². The number of nitrogens with one attached hydrogen (secondary N) is 3. The molecule has 8 heteroatoms. The van der Waals surface area contributed by atoms with Crippen molar-refractivity contribution in [2.75, 3.05) is 40.4 Å². The third-order valence-corrected chi connectivity index (χ3v) is 4.78. The van der Waals surface area contributed by atoms with Crippen molar-refractivity contribution in [3.8, 4) is 11.5 Å². The number of benzene rings is 1. The first-order valence-corrected chi connectivity index (χ1v) is 9.86. The summed E-state index contributed by atoms with van der Waals surface area (Å²) in [5, 5.41) is 8.63. The van der Waals surface area contributed by atoms with Crippen LogP contribution in [0, 0.1) is 0 Å². The highest BCUT2D eigenvalue weighted by Gasteiger charge is 2.32. The minimum Gasteiger partial charge on any atom is -0.493 e. The maximum Gasteiger partial charge on any atom is 0.317 e. The van der Waals surface area contributed by atoms with Crippen LogP contribution in [-0.2, 0) is 6.42 Å². The van der Waals surface area contributed by atoms with Gasteiger partial charge in [-0.2, -0.15) is 0 Å². The van der Waals surface area contributed by atoms with E-state index in [4.69, 9.17) is 9.47 Å². The first-order chi connectivity index (χ1) is 13.5. The number of carbonyl (C=O) groups excluding carboxylic acids is 2. The second-order valence-electron chi connectivity index (χ2n) is 6.73. The maximum atomic E-state index is 12.7. The van der Waals surface area contributed by atoms with Crippen molar-refractivity contribution in [1.29, 1.82) is 0 Å². The van der Waals surface area contributed by atoms with Crippen molar-refractivity contribution >= 4 is 12.1 Å². The third kappa shape index (κ3) is 5.21. The molecular weight excluding hydrogens is 360 g/mol. The number of rotatable bonds is 8. The summed E-state index contributed by atoms with van der Waals surface area (Å²) in [6.45, 7) is 6.12. The predicted molar refractivity (Wildman–Crippen MR) is 108 cm³/mol. The van der Waals surface area contributed by atoms with Gasteiger partial charge in [0.2, 0.25) is 0 Å². The number of urea groups is 2. The van der Waals surface area contributed by atoms with Crippen LogP contribution in [0.15, 0.2) is 12.1 Å². The van der Waals surface area contributed by atoms with Gasteiger partial charge < -0.3 is 30.3 Å². The highest BCUT2D eigenvalue weighted by molar-refractivity contribution is 5.76. The van der Waals surface area contributed by atoms with E-state index in [1.807, 2.05) is 26.0 Å². The molecule has 0 saturated heterocycles. The standard InChI is InChI=1S/C20H32N4O4/c1-5-8-21-19(25)23-13-16-15-12-18(28-4)17(27-3)11-14(15)7-10-24(16)20(26)22-9-6-2/h11-12,16H,5-10,13H2,1-4H3,(H,22,26)(H2,21,23,25)/t16-/m1/s1. The Bertz CT molecular complexity index is 680. The molecule has 8 nitrogen and oxygen atoms in total. The van der Waals surface area contributed by atoms with E-state index in [9.17, 15) is 9.59 Å². The lowest BCUT2D eigenvalue weighted by Gasteiger charge is -2.37. The molecule has 0 aliphatic carbocycles. The van der Waals surface area contributed by atoms with Crippen molar-refractivity contribution < 1.29 is 19.1 Å². The number of methoxy groups -OCH3 is 2. The average molecular weight is 393 g/mol. The lowest BCUT2D eigenvalue weighted by Crippen LogP contribution is -2.50. The number of amides is 4. The summed E-state index contributed by atoms with van der Waals surface area (Å²) in [5.41, 5.74) is 2.06. The molecule has 1 aromatic carbocycles. The normalized spacial score (nSPS) is 15.4. The summed E-state index contributed by atoms with van der Waals surface area (Å²) in [4.78, 5) is 26.5. The lowest BCUT2D eigenvalue weighted by molar-refractivity contribution is 0.167. The van der Waals surface area contributed by atoms with Gasteiger partial charge in [-0.1, -0.05) is 13.8 Å². The van der Waals surface area contributed by atoms with Gasteiger partial charge in [0.1, 0.15) is 0 Å². The molecule has 1 aliphatic rings. The molecule has 0 aromatic heterocycles. The first-order valence-electron chi connectivity index (χ1n) is 9.86. The Labute approximate surface area is 166 Å². The van der Waals surface area contributed by atoms with Crippen LogP contribution in [0.5, 0.6) is 11.5 Å². The van der Waals surface area contributed by atoms with Gasteiger partial charge in [-0.25, -0.2) is 9.59 Å². The molecule has 4 amide bonds. The summed E-state index contributed by atoms with van der Waals surface area (Å²) in [5.74, 6) is 1.27. The molecule has 0 unspecified atom stereocenters. The topological polar surface area (TPSA) is 91.9 Å². The number of hydrogen-bond donors (Lipinski definition) is 3. The third-order valence-electron chi connectivity index (χ3n) is 4.78. The fourth-order valence-electron chi connectivity index (χ4n) is 3.32. The second-order valence-corrected chi connectivity index (χ2v) is 6.73. The Morgan fingerprint density at radius 3 is 2.32 bits per heavy atom. The van der Waals surface area contributed by atoms with E-state index >= 15 is 0 Å². The van der Waals surface area contributed by atoms with Gasteiger partial charge in [-0.3, -0.25) is 0 Å². The molecule has 1 heterocycles. The molecular formula is C20H32N4O4. The quantitative estimate of drug-likeness (QED) is 0.634. The number of hydrogen-bond acceptors (Lipinski definition) is 4. The van der Waals surface area contributed by atoms with Crippen molar-refractivity contribution in [2.45, 2.75) is 39.2 Å². The van der Waals surface area contributed by atoms with Crippen LogP contribution in [0.4, 0.5) is 9.59 Å². The summed E-state index contributed by atoms with van der Waals surface area (Å²) in [6.07, 6.45) is 2.44. The van der Waals surface area contributed by atoms with Crippen molar-refractivity contribution in [3.05, 3.63) is 23.3 Å². The number of ether oxygens (including phenoxy) is 2. The monoisotopic (exact) mass is 392 g/mol. The zero-order valence-corrected chi connectivity index (χ0v) is 17.3. The zero-order valence-electron chi connectivity index (χ0n) is 17.3. The number of fused-ring (bicyclic) bond motifs is 1. The van der Waals surface area contributed by atoms with E-state index in [2.05, 4.69) is 16.0 Å². The molecule has 1 aliphatic heterocycles. The van der Waals surface area contributed by atoms with E-state index in [0.29, 0.717) is 44.1 Å². The maximum absolute atomic E-state index is 12.7. The molecule has 0 bridgehead atoms. The van der Waals surface area contributed by atoms with E-state index in [-0.39, 0.29) is 18.1 Å². The minimum absolute atomic E-state index is 0.122. The van der Waals surface area contributed by atoms with Gasteiger partial charge >= 0.3 is 12.1 Å². The summed E-state index contributed by atoms with van der Waals surface area (Å²) in [6, 6.07) is 3.22. The smallest absolute Gasteiger partial charge is 0.317 e. The van der Waals surface area contributed by atoms with Crippen LogP contribution in [-0.4, -0.2) is 57.4 Å². The van der Waals surface area contributed by atoms with Gasteiger partial charge in [0.15, 0.2) is 11.5 Å². The van der Waals surface area contributed by atoms with Crippen molar-refractivity contribution in [1.82, 2.24) is 20.9 Å². The molecule has 0 fully saturated rings. The molecule has 3 N–H and O–H groups in total. The molecule has 1 atom stereocenters. The van der Waals surface area contributed by atoms with E-state index in [0.717, 1.165) is 24.0 Å². The Hall–Kier alpha value is -2.64. The van der Waals surface area contributed by atoms with Gasteiger partial charge in [0.25, 0.3) is 0 Å². The fraction of sp³-hybridized carbons (Fsp3) is 0.600. The lowest BCUT2D eigenvalue weighted by atomic mass is 9.92. The average Bonchev–Trinajstić information content (AvgIpc) is 2.72. The van der Waals surface area contributed by atoms with Gasteiger partial charge in [-0.15, -0.1) is 0 Å². The summed E-state index contributed by atoms with van der Waals surface area (Å²) >= 11 is 0. The number of carbonyl (C=O) groups is 2. The van der Waals surface area contributed by atoms with E-state index in [1.165, 1.54) is 0 Å². The zero-order chi connectivity index (χ0) is 20.5. The largest absolute Gasteiger partial charge is 0.493 e. The van der Waals surface area contributed by atoms with Crippen molar-refractivity contribution in [2.24, 2.45) is 0 Å². The first kappa shape index (κ1) is 21.7. The number of nitrogens with zero attached hydrogens (tertiary/aromatic N) is 1. The van der Waals surface area contributed by atoms with Gasteiger partial charge in [-0.05, 0) is 42.5 Å². The highest BCUT2D eigenvalue weighted by Crippen LogP contribution is 2.37. The van der Waals surface area contributed by atoms with Crippen LogP contribution in [0.25, 0.3) is 0 Å². The summed E-state index contributed by atoms with van der Waals surface area (Å²) in [7, 11) is 3.19. The van der Waals surface area contributed by atoms with Crippen LogP contribution in [0.3, 0.4) is 0 Å². The SMILES string of the molecule is CCCNC(=O)NC[C@@H]1c2cc(OC)c(OC)cc2CCN1C(=O)NCCC. The predicted octanol–water partition coefficient (Wildman–Crippen LogP) is 2.43. The highest BCUT2D eigenvalue weighted by atomic mass is 16.5. The van der Waals surface area contributed by atoms with Crippen LogP contribution >= 0.6 is 0 Å².